The van der Waals surface area contributed by atoms with E-state index in [1.165, 1.54) is 5.56 Å². The van der Waals surface area contributed by atoms with Crippen LogP contribution in [0.2, 0.25) is 0 Å². The van der Waals surface area contributed by atoms with Crippen molar-refractivity contribution in [3.63, 3.8) is 0 Å². The van der Waals surface area contributed by atoms with Crippen LogP contribution in [-0.2, 0) is 4.79 Å². The summed E-state index contributed by atoms with van der Waals surface area (Å²) in [4.78, 5) is 11.4. The zero-order valence-electron chi connectivity index (χ0n) is 8.23. The third kappa shape index (κ3) is 1.65. The summed E-state index contributed by atoms with van der Waals surface area (Å²) in [5.41, 5.74) is 1.18. The molecule has 0 aromatic heterocycles. The van der Waals surface area contributed by atoms with Gasteiger partial charge >= 0.3 is 0 Å². The Labute approximate surface area is 83.6 Å². The number of hydrogen-bond acceptors (Lipinski definition) is 2. The predicted octanol–water partition coefficient (Wildman–Crippen LogP) is 2.47. The molecule has 1 saturated carbocycles. The Balaban J connectivity index is 2.06. The Bertz CT molecular complexity index is 340. The van der Waals surface area contributed by atoms with Gasteiger partial charge in [-0.3, -0.25) is 4.79 Å². The summed E-state index contributed by atoms with van der Waals surface area (Å²) in [6, 6.07) is 7.17. The van der Waals surface area contributed by atoms with E-state index in [2.05, 4.69) is 0 Å². The third-order valence-electron chi connectivity index (χ3n) is 2.87. The number of carbonyl (C=O) groups is 1. The maximum absolute atomic E-state index is 11.4. The van der Waals surface area contributed by atoms with Gasteiger partial charge in [0.05, 0.1) is 0 Å². The highest BCUT2D eigenvalue weighted by Crippen LogP contribution is 2.48. The molecule has 14 heavy (non-hydrogen) atoms. The van der Waals surface area contributed by atoms with Gasteiger partial charge in [-0.15, -0.1) is 0 Å². The largest absolute Gasteiger partial charge is 0.508 e. The summed E-state index contributed by atoms with van der Waals surface area (Å²) in [7, 11) is 0. The lowest BCUT2D eigenvalue weighted by molar-refractivity contribution is -0.120. The highest BCUT2D eigenvalue weighted by Gasteiger charge is 2.42. The minimum atomic E-state index is 0.240. The van der Waals surface area contributed by atoms with E-state index in [1.807, 2.05) is 19.1 Å². The van der Waals surface area contributed by atoms with Crippen LogP contribution in [0.3, 0.4) is 0 Å². The molecule has 2 nitrogen and oxygen atoms in total. The first-order chi connectivity index (χ1) is 6.72. The molecule has 74 valence electrons. The van der Waals surface area contributed by atoms with E-state index in [4.69, 9.17) is 5.11 Å². The summed E-state index contributed by atoms with van der Waals surface area (Å²) in [5.74, 6) is 1.29. The lowest BCUT2D eigenvalue weighted by Crippen LogP contribution is -1.99. The number of aromatic hydroxyl groups is 1. The second-order valence-corrected chi connectivity index (χ2v) is 3.86. The van der Waals surface area contributed by atoms with Crippen molar-refractivity contribution in [2.75, 3.05) is 0 Å². The topological polar surface area (TPSA) is 37.3 Å². The first kappa shape index (κ1) is 9.25. The summed E-state index contributed by atoms with van der Waals surface area (Å²) in [5, 5.41) is 9.11. The van der Waals surface area contributed by atoms with Crippen molar-refractivity contribution in [1.29, 1.82) is 0 Å². The number of benzene rings is 1. The van der Waals surface area contributed by atoms with Crippen molar-refractivity contribution in [2.24, 2.45) is 5.92 Å². The molecule has 1 aliphatic rings. The fourth-order valence-corrected chi connectivity index (χ4v) is 1.90. The van der Waals surface area contributed by atoms with Gasteiger partial charge in [0, 0.05) is 12.3 Å². The minimum absolute atomic E-state index is 0.240. The summed E-state index contributed by atoms with van der Waals surface area (Å²) >= 11 is 0. The second kappa shape index (κ2) is 3.45. The minimum Gasteiger partial charge on any atom is -0.508 e. The van der Waals surface area contributed by atoms with Gasteiger partial charge in [0.2, 0.25) is 0 Å². The molecule has 0 bridgehead atoms. The molecule has 1 aromatic rings. The molecular formula is C12H14O2. The third-order valence-corrected chi connectivity index (χ3v) is 2.87. The normalized spacial score (nSPS) is 24.6. The summed E-state index contributed by atoms with van der Waals surface area (Å²) in [6.45, 7) is 1.91. The smallest absolute Gasteiger partial charge is 0.136 e. The lowest BCUT2D eigenvalue weighted by atomic mass is 10.1. The molecule has 0 spiro atoms. The number of Topliss-reactive ketones (excluding diaryl/α,β-unsaturated/α-hetero) is 1. The average molecular weight is 190 g/mol. The molecule has 1 N–H and O–H groups in total. The molecule has 0 heterocycles. The number of phenolic OH excluding ortho intramolecular Hbond substituents is 1. The van der Waals surface area contributed by atoms with Gasteiger partial charge in [0.15, 0.2) is 0 Å². The molecule has 1 fully saturated rings. The maximum atomic E-state index is 11.4. The van der Waals surface area contributed by atoms with Crippen molar-refractivity contribution in [1.82, 2.24) is 0 Å². The molecule has 2 rings (SSSR count). The van der Waals surface area contributed by atoms with E-state index in [1.54, 1.807) is 12.1 Å². The number of ketones is 1. The number of carbonyl (C=O) groups excluding carboxylic acids is 1. The van der Waals surface area contributed by atoms with Crippen LogP contribution >= 0.6 is 0 Å². The summed E-state index contributed by atoms with van der Waals surface area (Å²) in [6.07, 6.45) is 1.62. The first-order valence-corrected chi connectivity index (χ1v) is 5.04. The maximum Gasteiger partial charge on any atom is 0.136 e. The van der Waals surface area contributed by atoms with Gasteiger partial charge in [0.25, 0.3) is 0 Å². The second-order valence-electron chi connectivity index (χ2n) is 3.86. The van der Waals surface area contributed by atoms with Crippen LogP contribution in [0.15, 0.2) is 24.3 Å². The quantitative estimate of drug-likeness (QED) is 0.795. The van der Waals surface area contributed by atoms with Gasteiger partial charge in [-0.1, -0.05) is 19.1 Å². The van der Waals surface area contributed by atoms with E-state index in [9.17, 15) is 4.79 Å². The van der Waals surface area contributed by atoms with Crippen LogP contribution in [-0.4, -0.2) is 10.9 Å². The van der Waals surface area contributed by atoms with Crippen LogP contribution in [0.1, 0.15) is 31.2 Å². The number of phenols is 1. The zero-order chi connectivity index (χ0) is 10.1. The standard InChI is InChI=1S/C12H14O2/c1-2-12(14)11-7-10(11)8-3-5-9(13)6-4-8/h3-6,10-11,13H,2,7H2,1H3. The van der Waals surface area contributed by atoms with Crippen molar-refractivity contribution in [2.45, 2.75) is 25.7 Å². The van der Waals surface area contributed by atoms with Crippen molar-refractivity contribution >= 4 is 5.78 Å². The zero-order valence-corrected chi connectivity index (χ0v) is 8.23. The first-order valence-electron chi connectivity index (χ1n) is 5.04. The molecule has 2 atom stereocenters. The molecule has 0 radical (unpaired) electrons. The molecule has 2 unspecified atom stereocenters. The molecule has 2 heteroatoms. The van der Waals surface area contributed by atoms with E-state index < -0.39 is 0 Å². The van der Waals surface area contributed by atoms with Gasteiger partial charge in [0.1, 0.15) is 11.5 Å². The Kier molecular flexibility index (Phi) is 2.28. The Morgan fingerprint density at radius 1 is 1.43 bits per heavy atom. The van der Waals surface area contributed by atoms with Crippen molar-refractivity contribution in [3.05, 3.63) is 29.8 Å². The Morgan fingerprint density at radius 2 is 2.07 bits per heavy atom. The van der Waals surface area contributed by atoms with Crippen LogP contribution in [0.25, 0.3) is 0 Å². The fourth-order valence-electron chi connectivity index (χ4n) is 1.90. The highest BCUT2D eigenvalue weighted by atomic mass is 16.3. The number of hydrogen-bond donors (Lipinski definition) is 1. The molecular weight excluding hydrogens is 176 g/mol. The predicted molar refractivity (Wildman–Crippen MR) is 54.3 cm³/mol. The molecule has 1 aromatic carbocycles. The highest BCUT2D eigenvalue weighted by molar-refractivity contribution is 5.84. The van der Waals surface area contributed by atoms with Gasteiger partial charge in [-0.25, -0.2) is 0 Å². The van der Waals surface area contributed by atoms with Gasteiger partial charge < -0.3 is 5.11 Å². The Hall–Kier alpha value is -1.31. The SMILES string of the molecule is CCC(=O)C1CC1c1ccc(O)cc1. The van der Waals surface area contributed by atoms with Crippen LogP contribution in [0, 0.1) is 5.92 Å². The lowest BCUT2D eigenvalue weighted by Gasteiger charge is -1.99. The van der Waals surface area contributed by atoms with E-state index in [-0.39, 0.29) is 11.7 Å². The summed E-state index contributed by atoms with van der Waals surface area (Å²) < 4.78 is 0. The molecule has 0 aliphatic heterocycles. The van der Waals surface area contributed by atoms with Gasteiger partial charge in [-0.2, -0.15) is 0 Å². The van der Waals surface area contributed by atoms with Crippen molar-refractivity contribution in [3.8, 4) is 5.75 Å². The van der Waals surface area contributed by atoms with Crippen LogP contribution in [0.4, 0.5) is 0 Å². The van der Waals surface area contributed by atoms with E-state index in [0.717, 1.165) is 6.42 Å². The van der Waals surface area contributed by atoms with E-state index >= 15 is 0 Å². The molecule has 1 aliphatic carbocycles. The average Bonchev–Trinajstić information content (AvgIpc) is 2.98. The molecule has 0 amide bonds. The monoisotopic (exact) mass is 190 g/mol. The van der Waals surface area contributed by atoms with Gasteiger partial charge in [-0.05, 0) is 30.0 Å². The number of rotatable bonds is 3. The molecule has 0 saturated heterocycles. The Morgan fingerprint density at radius 3 is 2.64 bits per heavy atom. The fraction of sp³-hybridized carbons (Fsp3) is 0.417. The van der Waals surface area contributed by atoms with Crippen molar-refractivity contribution < 1.29 is 9.90 Å². The van der Waals surface area contributed by atoms with Crippen LogP contribution in [0.5, 0.6) is 5.75 Å². The van der Waals surface area contributed by atoms with Crippen LogP contribution < -0.4 is 0 Å². The van der Waals surface area contributed by atoms with E-state index in [0.29, 0.717) is 18.1 Å².